The minimum atomic E-state index is -0.431. The Morgan fingerprint density at radius 1 is 1.04 bits per heavy atom. The molecule has 0 atom stereocenters. The molecule has 0 aliphatic rings. The Bertz CT molecular complexity index is 890. The van der Waals surface area contributed by atoms with Gasteiger partial charge < -0.3 is 4.74 Å². The molecular weight excluding hydrogens is 356 g/mol. The van der Waals surface area contributed by atoms with Gasteiger partial charge in [-0.1, -0.05) is 85.8 Å². The summed E-state index contributed by atoms with van der Waals surface area (Å²) in [6, 6.07) is 19.9. The number of ether oxygens (including phenoxy) is 1. The Morgan fingerprint density at radius 3 is 2.07 bits per heavy atom. The maximum Gasteiger partial charge on any atom is 0.360 e. The number of carbonyl (C=O) groups is 1. The normalized spacial score (nSPS) is 10.7. The second-order valence-corrected chi connectivity index (χ2v) is 7.28. The fourth-order valence-electron chi connectivity index (χ4n) is 2.57. The van der Waals surface area contributed by atoms with Gasteiger partial charge in [-0.05, 0) is 6.92 Å². The van der Waals surface area contributed by atoms with Crippen LogP contribution in [-0.2, 0) is 4.74 Å². The highest BCUT2D eigenvalue weighted by atomic mass is 32.1. The minimum Gasteiger partial charge on any atom is -0.461 e. The molecule has 0 radical (unpaired) electrons. The molecule has 2 aromatic carbocycles. The van der Waals surface area contributed by atoms with Crippen molar-refractivity contribution in [1.29, 1.82) is 0 Å². The molecule has 0 aliphatic heterocycles. The molecule has 27 heavy (non-hydrogen) atoms. The zero-order valence-corrected chi connectivity index (χ0v) is 16.5. The topological polar surface area (TPSA) is 51.5 Å². The van der Waals surface area contributed by atoms with Crippen molar-refractivity contribution in [3.05, 3.63) is 82.5 Å². The first-order chi connectivity index (χ1) is 13.1. The van der Waals surface area contributed by atoms with Crippen molar-refractivity contribution < 1.29 is 9.53 Å². The predicted octanol–water partition coefficient (Wildman–Crippen LogP) is 5.61. The van der Waals surface area contributed by atoms with Gasteiger partial charge in [0.1, 0.15) is 0 Å². The van der Waals surface area contributed by atoms with Crippen LogP contribution in [0, 0.1) is 0 Å². The maximum atomic E-state index is 12.4. The first kappa shape index (κ1) is 19.0. The maximum absolute atomic E-state index is 12.4. The SMILES string of the molecule is CCOC(=O)c1nc(C(C)C)sc1N=C(c1ccccc1)c1ccccc1. The van der Waals surface area contributed by atoms with Gasteiger partial charge in [0, 0.05) is 17.0 Å². The van der Waals surface area contributed by atoms with Crippen molar-refractivity contribution >= 4 is 28.0 Å². The lowest BCUT2D eigenvalue weighted by Gasteiger charge is -2.07. The van der Waals surface area contributed by atoms with Crippen molar-refractivity contribution in [1.82, 2.24) is 4.98 Å². The second-order valence-electron chi connectivity index (χ2n) is 6.27. The van der Waals surface area contributed by atoms with Crippen LogP contribution in [0.2, 0.25) is 0 Å². The van der Waals surface area contributed by atoms with Crippen LogP contribution < -0.4 is 0 Å². The highest BCUT2D eigenvalue weighted by Gasteiger charge is 2.21. The van der Waals surface area contributed by atoms with Crippen LogP contribution in [0.4, 0.5) is 5.00 Å². The van der Waals surface area contributed by atoms with Crippen LogP contribution in [-0.4, -0.2) is 23.3 Å². The Labute approximate surface area is 163 Å². The van der Waals surface area contributed by atoms with Crippen molar-refractivity contribution in [3.8, 4) is 0 Å². The third-order valence-electron chi connectivity index (χ3n) is 3.90. The first-order valence-electron chi connectivity index (χ1n) is 8.97. The third kappa shape index (κ3) is 4.49. The highest BCUT2D eigenvalue weighted by molar-refractivity contribution is 7.16. The molecule has 0 amide bonds. The summed E-state index contributed by atoms with van der Waals surface area (Å²) in [5.74, 6) is -0.219. The van der Waals surface area contributed by atoms with Gasteiger partial charge in [0.2, 0.25) is 0 Å². The van der Waals surface area contributed by atoms with Gasteiger partial charge in [-0.15, -0.1) is 0 Å². The zero-order valence-electron chi connectivity index (χ0n) is 15.7. The summed E-state index contributed by atoms with van der Waals surface area (Å²) in [5, 5.41) is 1.46. The average Bonchev–Trinajstić information content (AvgIpc) is 3.12. The molecule has 0 saturated heterocycles. The van der Waals surface area contributed by atoms with E-state index in [0.717, 1.165) is 21.8 Å². The largest absolute Gasteiger partial charge is 0.461 e. The van der Waals surface area contributed by atoms with E-state index < -0.39 is 5.97 Å². The van der Waals surface area contributed by atoms with Gasteiger partial charge in [0.05, 0.1) is 17.3 Å². The number of aliphatic imine (C=N–C) groups is 1. The number of thiazole rings is 1. The number of nitrogens with zero attached hydrogens (tertiary/aromatic N) is 2. The lowest BCUT2D eigenvalue weighted by Crippen LogP contribution is -2.07. The fourth-order valence-corrected chi connectivity index (χ4v) is 3.51. The Hall–Kier alpha value is -2.79. The van der Waals surface area contributed by atoms with E-state index in [4.69, 9.17) is 9.73 Å². The number of carbonyl (C=O) groups excluding carboxylic acids is 1. The van der Waals surface area contributed by atoms with Crippen LogP contribution in [0.25, 0.3) is 0 Å². The molecule has 138 valence electrons. The summed E-state index contributed by atoms with van der Waals surface area (Å²) in [6.07, 6.45) is 0. The zero-order chi connectivity index (χ0) is 19.2. The van der Waals surface area contributed by atoms with Crippen LogP contribution in [0.1, 0.15) is 53.3 Å². The molecule has 3 aromatic rings. The molecule has 1 heterocycles. The molecule has 0 fully saturated rings. The molecule has 0 aliphatic carbocycles. The summed E-state index contributed by atoms with van der Waals surface area (Å²) >= 11 is 1.44. The number of esters is 1. The van der Waals surface area contributed by atoms with E-state index in [2.05, 4.69) is 18.8 Å². The van der Waals surface area contributed by atoms with Gasteiger partial charge >= 0.3 is 5.97 Å². The van der Waals surface area contributed by atoms with Crippen LogP contribution >= 0.6 is 11.3 Å². The molecule has 3 rings (SSSR count). The molecular formula is C22H22N2O2S. The van der Waals surface area contributed by atoms with E-state index in [9.17, 15) is 4.79 Å². The molecule has 0 spiro atoms. The van der Waals surface area contributed by atoms with Crippen LogP contribution in [0.5, 0.6) is 0 Å². The smallest absolute Gasteiger partial charge is 0.360 e. The van der Waals surface area contributed by atoms with Crippen LogP contribution in [0.3, 0.4) is 0 Å². The van der Waals surface area contributed by atoms with Gasteiger partial charge in [-0.2, -0.15) is 0 Å². The van der Waals surface area contributed by atoms with Gasteiger partial charge in [-0.25, -0.2) is 14.8 Å². The van der Waals surface area contributed by atoms with E-state index in [1.54, 1.807) is 6.92 Å². The lowest BCUT2D eigenvalue weighted by molar-refractivity contribution is 0.0521. The monoisotopic (exact) mass is 378 g/mol. The Kier molecular flexibility index (Phi) is 6.14. The van der Waals surface area contributed by atoms with Crippen molar-refractivity contribution in [2.75, 3.05) is 6.61 Å². The quantitative estimate of drug-likeness (QED) is 0.414. The second kappa shape index (κ2) is 8.73. The molecule has 0 bridgehead atoms. The number of hydrogen-bond donors (Lipinski definition) is 0. The van der Waals surface area contributed by atoms with Gasteiger partial charge in [-0.3, -0.25) is 0 Å². The summed E-state index contributed by atoms with van der Waals surface area (Å²) in [4.78, 5) is 21.8. The number of hydrogen-bond acceptors (Lipinski definition) is 5. The summed E-state index contributed by atoms with van der Waals surface area (Å²) in [6.45, 7) is 6.20. The fraction of sp³-hybridized carbons (Fsp3) is 0.227. The summed E-state index contributed by atoms with van der Waals surface area (Å²) in [5.41, 5.74) is 3.06. The van der Waals surface area contributed by atoms with E-state index in [-0.39, 0.29) is 11.6 Å². The molecule has 0 N–H and O–H groups in total. The van der Waals surface area contributed by atoms with E-state index in [1.807, 2.05) is 60.7 Å². The Morgan fingerprint density at radius 2 is 1.59 bits per heavy atom. The number of benzene rings is 2. The standard InChI is InChI=1S/C22H22N2O2S/c1-4-26-22(25)19-21(27-20(24-19)15(2)3)23-18(16-11-7-5-8-12-16)17-13-9-6-10-14-17/h5-15H,4H2,1-3H3. The summed E-state index contributed by atoms with van der Waals surface area (Å²) in [7, 11) is 0. The van der Waals surface area contributed by atoms with E-state index in [1.165, 1.54) is 11.3 Å². The molecule has 5 heteroatoms. The number of aromatic nitrogens is 1. The lowest BCUT2D eigenvalue weighted by atomic mass is 10.0. The molecule has 4 nitrogen and oxygen atoms in total. The van der Waals surface area contributed by atoms with Crippen molar-refractivity contribution in [2.24, 2.45) is 4.99 Å². The van der Waals surface area contributed by atoms with E-state index in [0.29, 0.717) is 11.6 Å². The van der Waals surface area contributed by atoms with Crippen LogP contribution in [0.15, 0.2) is 65.7 Å². The van der Waals surface area contributed by atoms with E-state index >= 15 is 0 Å². The highest BCUT2D eigenvalue weighted by Crippen LogP contribution is 2.33. The average molecular weight is 378 g/mol. The van der Waals surface area contributed by atoms with Crippen molar-refractivity contribution in [2.45, 2.75) is 26.7 Å². The number of rotatable bonds is 6. The van der Waals surface area contributed by atoms with Gasteiger partial charge in [0.15, 0.2) is 10.7 Å². The van der Waals surface area contributed by atoms with Crippen molar-refractivity contribution in [3.63, 3.8) is 0 Å². The summed E-state index contributed by atoms with van der Waals surface area (Å²) < 4.78 is 5.19. The predicted molar refractivity (Wildman–Crippen MR) is 110 cm³/mol. The molecule has 1 aromatic heterocycles. The molecule has 0 unspecified atom stereocenters. The third-order valence-corrected chi connectivity index (χ3v) is 5.15. The first-order valence-corrected chi connectivity index (χ1v) is 9.79. The van der Waals surface area contributed by atoms with Gasteiger partial charge in [0.25, 0.3) is 0 Å². The minimum absolute atomic E-state index is 0.212. The molecule has 0 saturated carbocycles. The Balaban J connectivity index is 2.16.